The third-order valence-corrected chi connectivity index (χ3v) is 2.30. The summed E-state index contributed by atoms with van der Waals surface area (Å²) in [6.45, 7) is 0. The number of aromatic nitrogens is 2. The Kier molecular flexibility index (Phi) is 2.70. The summed E-state index contributed by atoms with van der Waals surface area (Å²) in [5, 5.41) is 9.04. The van der Waals surface area contributed by atoms with Gasteiger partial charge in [-0.05, 0) is 12.1 Å². The van der Waals surface area contributed by atoms with Gasteiger partial charge in [-0.15, -0.1) is 0 Å². The highest BCUT2D eigenvalue weighted by atomic mass is 16.5. The molecular formula is C11H11N3O3. The van der Waals surface area contributed by atoms with Crippen LogP contribution in [0.4, 0.5) is 5.95 Å². The highest BCUT2D eigenvalue weighted by molar-refractivity contribution is 5.94. The molecule has 1 aromatic carbocycles. The third-order valence-electron chi connectivity index (χ3n) is 2.30. The predicted octanol–water partition coefficient (Wildman–Crippen LogP) is 1.37. The van der Waals surface area contributed by atoms with Gasteiger partial charge in [-0.1, -0.05) is 12.1 Å². The Morgan fingerprint density at radius 3 is 2.82 bits per heavy atom. The van der Waals surface area contributed by atoms with E-state index in [4.69, 9.17) is 15.6 Å². The van der Waals surface area contributed by atoms with Crippen LogP contribution in [0.15, 0.2) is 24.3 Å². The average Bonchev–Trinajstić information content (AvgIpc) is 2.71. The van der Waals surface area contributed by atoms with E-state index in [9.17, 15) is 4.79 Å². The van der Waals surface area contributed by atoms with Gasteiger partial charge >= 0.3 is 5.97 Å². The van der Waals surface area contributed by atoms with Gasteiger partial charge < -0.3 is 20.6 Å². The Morgan fingerprint density at radius 1 is 1.47 bits per heavy atom. The molecule has 4 N–H and O–H groups in total. The van der Waals surface area contributed by atoms with Crippen molar-refractivity contribution < 1.29 is 14.6 Å². The Morgan fingerprint density at radius 2 is 2.18 bits per heavy atom. The van der Waals surface area contributed by atoms with E-state index in [1.807, 2.05) is 0 Å². The average molecular weight is 233 g/mol. The van der Waals surface area contributed by atoms with Crippen molar-refractivity contribution in [3.63, 3.8) is 0 Å². The van der Waals surface area contributed by atoms with Crippen LogP contribution in [0.3, 0.4) is 0 Å². The van der Waals surface area contributed by atoms with E-state index >= 15 is 0 Å². The number of nitrogens with two attached hydrogens (primary N) is 1. The summed E-state index contributed by atoms with van der Waals surface area (Å²) in [6, 6.07) is 7.01. The maximum atomic E-state index is 11.0. The molecule has 2 rings (SSSR count). The van der Waals surface area contributed by atoms with Crippen molar-refractivity contribution in [3.05, 3.63) is 30.0 Å². The Hall–Kier alpha value is -2.50. The number of methoxy groups -OCH3 is 1. The van der Waals surface area contributed by atoms with E-state index in [0.717, 1.165) is 0 Å². The molecule has 88 valence electrons. The van der Waals surface area contributed by atoms with Crippen molar-refractivity contribution in [2.24, 2.45) is 0 Å². The standard InChI is InChI=1S/C11H11N3O3/c1-17-7-5-3-2-4-6(7)8-9(10(15)16)14-11(12)13-8/h2-5H,1H3,(H,15,16)(H3,12,13,14). The molecule has 0 radical (unpaired) electrons. The SMILES string of the molecule is COc1ccccc1-c1nc(N)[nH]c1C(=O)O. The first kappa shape index (κ1) is 11.0. The monoisotopic (exact) mass is 233 g/mol. The van der Waals surface area contributed by atoms with Crippen LogP contribution in [-0.4, -0.2) is 28.2 Å². The van der Waals surface area contributed by atoms with E-state index in [1.54, 1.807) is 24.3 Å². The molecule has 6 heteroatoms. The lowest BCUT2D eigenvalue weighted by Crippen LogP contribution is -2.00. The van der Waals surface area contributed by atoms with Crippen LogP contribution in [0.2, 0.25) is 0 Å². The number of hydrogen-bond acceptors (Lipinski definition) is 4. The first-order valence-electron chi connectivity index (χ1n) is 4.85. The topological polar surface area (TPSA) is 101 Å². The summed E-state index contributed by atoms with van der Waals surface area (Å²) in [7, 11) is 1.51. The number of hydrogen-bond donors (Lipinski definition) is 3. The normalized spacial score (nSPS) is 10.2. The van der Waals surface area contributed by atoms with Gasteiger partial charge in [0.2, 0.25) is 0 Å². The van der Waals surface area contributed by atoms with E-state index < -0.39 is 5.97 Å². The number of imidazole rings is 1. The number of para-hydroxylation sites is 1. The minimum atomic E-state index is -1.12. The predicted molar refractivity (Wildman–Crippen MR) is 61.9 cm³/mol. The van der Waals surface area contributed by atoms with Crippen molar-refractivity contribution in [3.8, 4) is 17.0 Å². The number of carbonyl (C=O) groups is 1. The van der Waals surface area contributed by atoms with Crippen molar-refractivity contribution >= 4 is 11.9 Å². The molecule has 0 saturated heterocycles. The number of rotatable bonds is 3. The van der Waals surface area contributed by atoms with Gasteiger partial charge in [0.1, 0.15) is 11.4 Å². The number of carboxylic acids is 1. The molecule has 0 saturated carbocycles. The smallest absolute Gasteiger partial charge is 0.354 e. The number of nitrogens with zero attached hydrogens (tertiary/aromatic N) is 1. The van der Waals surface area contributed by atoms with Crippen LogP contribution in [0, 0.1) is 0 Å². The number of carboxylic acid groups (broad SMARTS) is 1. The van der Waals surface area contributed by atoms with Gasteiger partial charge in [-0.25, -0.2) is 9.78 Å². The second-order valence-electron chi connectivity index (χ2n) is 3.35. The molecule has 0 unspecified atom stereocenters. The number of aromatic carboxylic acids is 1. The molecular weight excluding hydrogens is 222 g/mol. The van der Waals surface area contributed by atoms with Crippen LogP contribution in [0.25, 0.3) is 11.3 Å². The van der Waals surface area contributed by atoms with E-state index in [0.29, 0.717) is 11.3 Å². The Balaban J connectivity index is 2.63. The first-order chi connectivity index (χ1) is 8.13. The fourth-order valence-corrected chi connectivity index (χ4v) is 1.58. The minimum Gasteiger partial charge on any atom is -0.496 e. The number of nitrogen functional groups attached to an aromatic ring is 1. The van der Waals surface area contributed by atoms with Crippen LogP contribution in [0.5, 0.6) is 5.75 Å². The number of aromatic amines is 1. The summed E-state index contributed by atoms with van der Waals surface area (Å²) < 4.78 is 5.16. The van der Waals surface area contributed by atoms with Crippen molar-refractivity contribution in [1.29, 1.82) is 0 Å². The zero-order chi connectivity index (χ0) is 12.4. The lowest BCUT2D eigenvalue weighted by molar-refractivity contribution is 0.0692. The fraction of sp³-hybridized carbons (Fsp3) is 0.0909. The summed E-state index contributed by atoms with van der Waals surface area (Å²) in [5.41, 5.74) is 6.28. The Labute approximate surface area is 97.1 Å². The summed E-state index contributed by atoms with van der Waals surface area (Å²) in [4.78, 5) is 17.5. The largest absolute Gasteiger partial charge is 0.496 e. The summed E-state index contributed by atoms with van der Waals surface area (Å²) in [6.07, 6.45) is 0. The summed E-state index contributed by atoms with van der Waals surface area (Å²) >= 11 is 0. The quantitative estimate of drug-likeness (QED) is 0.743. The molecule has 0 amide bonds. The second-order valence-corrected chi connectivity index (χ2v) is 3.35. The molecule has 0 atom stereocenters. The van der Waals surface area contributed by atoms with Crippen LogP contribution in [0.1, 0.15) is 10.5 Å². The maximum Gasteiger partial charge on any atom is 0.354 e. The maximum absolute atomic E-state index is 11.0. The number of ether oxygens (including phenoxy) is 1. The highest BCUT2D eigenvalue weighted by Gasteiger charge is 2.19. The molecule has 0 bridgehead atoms. The molecule has 1 aromatic heterocycles. The van der Waals surface area contributed by atoms with Gasteiger partial charge in [-0.3, -0.25) is 0 Å². The van der Waals surface area contributed by atoms with E-state index in [1.165, 1.54) is 7.11 Å². The lowest BCUT2D eigenvalue weighted by atomic mass is 10.1. The summed E-state index contributed by atoms with van der Waals surface area (Å²) in [5.74, 6) is -0.514. The highest BCUT2D eigenvalue weighted by Crippen LogP contribution is 2.31. The van der Waals surface area contributed by atoms with Gasteiger partial charge in [0.05, 0.1) is 7.11 Å². The molecule has 0 aliphatic rings. The number of H-pyrrole nitrogens is 1. The van der Waals surface area contributed by atoms with E-state index in [-0.39, 0.29) is 17.3 Å². The first-order valence-corrected chi connectivity index (χ1v) is 4.85. The fourth-order valence-electron chi connectivity index (χ4n) is 1.58. The van der Waals surface area contributed by atoms with Crippen molar-refractivity contribution in [1.82, 2.24) is 9.97 Å². The molecule has 17 heavy (non-hydrogen) atoms. The lowest BCUT2D eigenvalue weighted by Gasteiger charge is -2.05. The third kappa shape index (κ3) is 1.92. The molecule has 0 aliphatic heterocycles. The van der Waals surface area contributed by atoms with Crippen LogP contribution < -0.4 is 10.5 Å². The zero-order valence-electron chi connectivity index (χ0n) is 9.10. The van der Waals surface area contributed by atoms with Gasteiger partial charge in [0.15, 0.2) is 11.6 Å². The van der Waals surface area contributed by atoms with Gasteiger partial charge in [0.25, 0.3) is 0 Å². The van der Waals surface area contributed by atoms with Crippen molar-refractivity contribution in [2.45, 2.75) is 0 Å². The number of nitrogens with one attached hydrogen (secondary N) is 1. The molecule has 6 nitrogen and oxygen atoms in total. The minimum absolute atomic E-state index is 0.0491. The molecule has 0 fully saturated rings. The van der Waals surface area contributed by atoms with Gasteiger partial charge in [-0.2, -0.15) is 0 Å². The molecule has 0 spiro atoms. The second kappa shape index (κ2) is 4.17. The number of benzene rings is 1. The van der Waals surface area contributed by atoms with Crippen LogP contribution >= 0.6 is 0 Å². The van der Waals surface area contributed by atoms with Crippen LogP contribution in [-0.2, 0) is 0 Å². The molecule has 0 aliphatic carbocycles. The van der Waals surface area contributed by atoms with Gasteiger partial charge in [0, 0.05) is 5.56 Å². The van der Waals surface area contributed by atoms with Crippen molar-refractivity contribution in [2.75, 3.05) is 12.8 Å². The van der Waals surface area contributed by atoms with E-state index in [2.05, 4.69) is 9.97 Å². The zero-order valence-corrected chi connectivity index (χ0v) is 9.10. The molecule has 1 heterocycles. The molecule has 2 aromatic rings. The number of anilines is 1. The Bertz CT molecular complexity index is 563.